The first kappa shape index (κ1) is 19.1. The minimum atomic E-state index is -0.171. The van der Waals surface area contributed by atoms with Gasteiger partial charge in [0.15, 0.2) is 6.61 Å². The molecule has 1 amide bonds. The molecular weight excluding hydrogens is 359 g/mol. The summed E-state index contributed by atoms with van der Waals surface area (Å²) in [7, 11) is 0. The van der Waals surface area contributed by atoms with Gasteiger partial charge in [0.1, 0.15) is 5.75 Å². The van der Waals surface area contributed by atoms with Gasteiger partial charge in [-0.1, -0.05) is 41.4 Å². The summed E-state index contributed by atoms with van der Waals surface area (Å²) in [5, 5.41) is 12.5. The summed E-state index contributed by atoms with van der Waals surface area (Å²) in [6, 6.07) is 14.8. The van der Waals surface area contributed by atoms with Crippen LogP contribution in [0.5, 0.6) is 5.75 Å². The van der Waals surface area contributed by atoms with Crippen LogP contribution in [0.3, 0.4) is 0 Å². The summed E-state index contributed by atoms with van der Waals surface area (Å²) in [5.74, 6) is 0.433. The monoisotopic (exact) mass is 376 g/mol. The summed E-state index contributed by atoms with van der Waals surface area (Å²) in [6.07, 6.45) is 1.96. The van der Waals surface area contributed by atoms with Gasteiger partial charge >= 0.3 is 0 Å². The van der Waals surface area contributed by atoms with Crippen molar-refractivity contribution in [3.8, 4) is 11.8 Å². The quantitative estimate of drug-likeness (QED) is 0.702. The Kier molecular flexibility index (Phi) is 7.59. The number of ether oxygens (including phenoxy) is 1. The molecule has 2 aromatic carbocycles. The van der Waals surface area contributed by atoms with E-state index in [0.29, 0.717) is 28.8 Å². The first-order valence-corrected chi connectivity index (χ1v) is 8.63. The molecular formula is C19H18Cl2N2O2. The molecule has 4 nitrogen and oxygen atoms in total. The standard InChI is InChI=1S/C19H18Cl2N2O2/c20-17-8-5-15(12-18(17)21)2-1-11-23-19(24)13-25-16-6-3-14(4-7-16)9-10-22/h3-8,12H,1-2,9,11,13H2,(H,23,24). The third-order valence-electron chi connectivity index (χ3n) is 3.52. The van der Waals surface area contributed by atoms with E-state index in [-0.39, 0.29) is 12.5 Å². The highest BCUT2D eigenvalue weighted by molar-refractivity contribution is 6.42. The van der Waals surface area contributed by atoms with E-state index in [0.717, 1.165) is 24.0 Å². The van der Waals surface area contributed by atoms with E-state index < -0.39 is 0 Å². The van der Waals surface area contributed by atoms with Crippen molar-refractivity contribution in [2.45, 2.75) is 19.3 Å². The third kappa shape index (κ3) is 6.66. The van der Waals surface area contributed by atoms with Gasteiger partial charge in [-0.05, 0) is 48.2 Å². The second-order valence-electron chi connectivity index (χ2n) is 5.47. The topological polar surface area (TPSA) is 62.1 Å². The van der Waals surface area contributed by atoms with E-state index in [2.05, 4.69) is 11.4 Å². The van der Waals surface area contributed by atoms with E-state index in [1.165, 1.54) is 0 Å². The van der Waals surface area contributed by atoms with Crippen LogP contribution in [0.15, 0.2) is 42.5 Å². The van der Waals surface area contributed by atoms with E-state index in [1.54, 1.807) is 18.2 Å². The van der Waals surface area contributed by atoms with Gasteiger partial charge in [0.25, 0.3) is 5.91 Å². The summed E-state index contributed by atoms with van der Waals surface area (Å²) < 4.78 is 5.42. The first-order chi connectivity index (χ1) is 12.1. The van der Waals surface area contributed by atoms with Crippen LogP contribution in [0.2, 0.25) is 10.0 Å². The molecule has 2 aromatic rings. The van der Waals surface area contributed by atoms with Crippen molar-refractivity contribution < 1.29 is 9.53 Å². The summed E-state index contributed by atoms with van der Waals surface area (Å²) in [5.41, 5.74) is 2.00. The molecule has 0 aliphatic heterocycles. The zero-order valence-electron chi connectivity index (χ0n) is 13.6. The van der Waals surface area contributed by atoms with Gasteiger partial charge in [0, 0.05) is 6.54 Å². The molecule has 0 saturated carbocycles. The van der Waals surface area contributed by atoms with Crippen LogP contribution in [0.1, 0.15) is 17.5 Å². The average Bonchev–Trinajstić information content (AvgIpc) is 2.61. The number of benzene rings is 2. The summed E-state index contributed by atoms with van der Waals surface area (Å²) >= 11 is 11.8. The Labute approximate surface area is 157 Å². The van der Waals surface area contributed by atoms with E-state index in [4.69, 9.17) is 33.2 Å². The minimum Gasteiger partial charge on any atom is -0.484 e. The maximum Gasteiger partial charge on any atom is 0.257 e. The number of rotatable bonds is 8. The highest BCUT2D eigenvalue weighted by atomic mass is 35.5. The van der Waals surface area contributed by atoms with E-state index >= 15 is 0 Å². The number of hydrogen-bond donors (Lipinski definition) is 1. The van der Waals surface area contributed by atoms with Crippen LogP contribution in [0.4, 0.5) is 0 Å². The number of aryl methyl sites for hydroxylation is 1. The fraction of sp³-hybridized carbons (Fsp3) is 0.263. The molecule has 0 atom stereocenters. The second kappa shape index (κ2) is 9.93. The largest absolute Gasteiger partial charge is 0.484 e. The van der Waals surface area contributed by atoms with Crippen LogP contribution in [0, 0.1) is 11.3 Å². The lowest BCUT2D eigenvalue weighted by molar-refractivity contribution is -0.123. The Bertz CT molecular complexity index is 755. The number of carbonyl (C=O) groups is 1. The van der Waals surface area contributed by atoms with Crippen LogP contribution in [-0.4, -0.2) is 19.1 Å². The molecule has 0 aliphatic carbocycles. The van der Waals surface area contributed by atoms with Gasteiger partial charge in [0.2, 0.25) is 0 Å². The number of carbonyl (C=O) groups excluding carboxylic acids is 1. The number of halogens is 2. The Hall–Kier alpha value is -2.22. The maximum absolute atomic E-state index is 11.8. The SMILES string of the molecule is N#CCc1ccc(OCC(=O)NCCCc2ccc(Cl)c(Cl)c2)cc1. The van der Waals surface area contributed by atoms with Gasteiger partial charge in [-0.2, -0.15) is 5.26 Å². The van der Waals surface area contributed by atoms with Gasteiger partial charge < -0.3 is 10.1 Å². The van der Waals surface area contributed by atoms with Crippen LogP contribution in [-0.2, 0) is 17.6 Å². The molecule has 0 bridgehead atoms. The number of nitrogens with one attached hydrogen (secondary N) is 1. The highest BCUT2D eigenvalue weighted by Gasteiger charge is 2.04. The van der Waals surface area contributed by atoms with E-state index in [9.17, 15) is 4.79 Å². The molecule has 0 radical (unpaired) electrons. The van der Waals surface area contributed by atoms with Gasteiger partial charge in [0.05, 0.1) is 22.5 Å². The van der Waals surface area contributed by atoms with Crippen LogP contribution < -0.4 is 10.1 Å². The van der Waals surface area contributed by atoms with Crippen LogP contribution in [0.25, 0.3) is 0 Å². The second-order valence-corrected chi connectivity index (χ2v) is 6.28. The zero-order chi connectivity index (χ0) is 18.1. The predicted octanol–water partition coefficient (Wildman–Crippen LogP) is 4.19. The van der Waals surface area contributed by atoms with Crippen molar-refractivity contribution in [1.29, 1.82) is 5.26 Å². The Balaban J connectivity index is 1.65. The fourth-order valence-electron chi connectivity index (χ4n) is 2.21. The molecule has 25 heavy (non-hydrogen) atoms. The lowest BCUT2D eigenvalue weighted by Crippen LogP contribution is -2.29. The smallest absolute Gasteiger partial charge is 0.257 e. The lowest BCUT2D eigenvalue weighted by Gasteiger charge is -2.08. The van der Waals surface area contributed by atoms with Crippen LogP contribution >= 0.6 is 23.2 Å². The van der Waals surface area contributed by atoms with Gasteiger partial charge in [-0.15, -0.1) is 0 Å². The molecule has 6 heteroatoms. The van der Waals surface area contributed by atoms with Crippen molar-refractivity contribution in [3.05, 3.63) is 63.6 Å². The third-order valence-corrected chi connectivity index (χ3v) is 4.26. The maximum atomic E-state index is 11.8. The van der Waals surface area contributed by atoms with Crippen molar-refractivity contribution in [2.24, 2.45) is 0 Å². The highest BCUT2D eigenvalue weighted by Crippen LogP contribution is 2.23. The Morgan fingerprint density at radius 3 is 2.48 bits per heavy atom. The number of hydrogen-bond acceptors (Lipinski definition) is 3. The van der Waals surface area contributed by atoms with E-state index in [1.807, 2.05) is 24.3 Å². The molecule has 130 valence electrons. The molecule has 0 saturated heterocycles. The molecule has 0 aliphatic rings. The predicted molar refractivity (Wildman–Crippen MR) is 99.0 cm³/mol. The molecule has 0 unspecified atom stereocenters. The fourth-order valence-corrected chi connectivity index (χ4v) is 2.53. The number of nitrogens with zero attached hydrogens (tertiary/aromatic N) is 1. The summed E-state index contributed by atoms with van der Waals surface area (Å²) in [4.78, 5) is 11.8. The van der Waals surface area contributed by atoms with Gasteiger partial charge in [-0.3, -0.25) is 4.79 Å². The molecule has 0 heterocycles. The zero-order valence-corrected chi connectivity index (χ0v) is 15.1. The number of nitriles is 1. The van der Waals surface area contributed by atoms with Crippen molar-refractivity contribution in [3.63, 3.8) is 0 Å². The molecule has 2 rings (SSSR count). The molecule has 1 N–H and O–H groups in total. The Morgan fingerprint density at radius 1 is 1.08 bits per heavy atom. The van der Waals surface area contributed by atoms with Crippen molar-refractivity contribution in [1.82, 2.24) is 5.32 Å². The normalized spacial score (nSPS) is 10.1. The van der Waals surface area contributed by atoms with Crippen molar-refractivity contribution in [2.75, 3.05) is 13.2 Å². The minimum absolute atomic E-state index is 0.0373. The first-order valence-electron chi connectivity index (χ1n) is 7.88. The Morgan fingerprint density at radius 2 is 1.80 bits per heavy atom. The molecule has 0 spiro atoms. The summed E-state index contributed by atoms with van der Waals surface area (Å²) in [6.45, 7) is 0.522. The molecule has 0 aromatic heterocycles. The van der Waals surface area contributed by atoms with Crippen molar-refractivity contribution >= 4 is 29.1 Å². The number of amides is 1. The lowest BCUT2D eigenvalue weighted by atomic mass is 10.1. The van der Waals surface area contributed by atoms with Gasteiger partial charge in [-0.25, -0.2) is 0 Å². The molecule has 0 fully saturated rings. The average molecular weight is 377 g/mol.